The molecule has 0 N–H and O–H groups in total. The van der Waals surface area contributed by atoms with E-state index in [4.69, 9.17) is 0 Å². The van der Waals surface area contributed by atoms with E-state index in [2.05, 4.69) is 90.5 Å². The molecule has 0 saturated carbocycles. The SMILES string of the molecule is CC1(C)c2ccccc2N(c2cccc(C(F)c3cccc(-c4ccccn4)c3)c2)c2ccc3c(sc4ccccc43)c21. The largest absolute Gasteiger partial charge is 0.310 e. The molecule has 0 amide bonds. The summed E-state index contributed by atoms with van der Waals surface area (Å²) in [6.07, 6.45) is 0.491. The van der Waals surface area contributed by atoms with E-state index in [1.54, 1.807) is 6.20 Å². The van der Waals surface area contributed by atoms with Gasteiger partial charge in [-0.1, -0.05) is 92.7 Å². The fourth-order valence-electron chi connectivity index (χ4n) is 6.71. The molecule has 1 aliphatic rings. The minimum absolute atomic E-state index is 0.213. The molecular formula is C39H29FN2S. The molecule has 0 radical (unpaired) electrons. The first kappa shape index (κ1) is 25.9. The summed E-state index contributed by atoms with van der Waals surface area (Å²) in [7, 11) is 0. The molecule has 0 aliphatic carbocycles. The third kappa shape index (κ3) is 4.09. The molecule has 0 bridgehead atoms. The average molecular weight is 577 g/mol. The molecule has 3 heterocycles. The van der Waals surface area contributed by atoms with E-state index in [9.17, 15) is 0 Å². The Morgan fingerprint density at radius 2 is 1.47 bits per heavy atom. The second-order valence-corrected chi connectivity index (χ2v) is 12.8. The third-order valence-electron chi connectivity index (χ3n) is 8.77. The topological polar surface area (TPSA) is 16.1 Å². The summed E-state index contributed by atoms with van der Waals surface area (Å²) in [5.41, 5.74) is 8.58. The first-order chi connectivity index (χ1) is 21.0. The van der Waals surface area contributed by atoms with Gasteiger partial charge in [-0.2, -0.15) is 0 Å². The smallest absolute Gasteiger partial charge is 0.150 e. The van der Waals surface area contributed by atoms with Crippen LogP contribution in [0.3, 0.4) is 0 Å². The van der Waals surface area contributed by atoms with E-state index in [-0.39, 0.29) is 5.41 Å². The number of benzene rings is 5. The number of aromatic nitrogens is 1. The van der Waals surface area contributed by atoms with Crippen LogP contribution in [0.15, 0.2) is 134 Å². The van der Waals surface area contributed by atoms with Crippen molar-refractivity contribution in [1.82, 2.24) is 4.98 Å². The Morgan fingerprint density at radius 1 is 0.698 bits per heavy atom. The summed E-state index contributed by atoms with van der Waals surface area (Å²) in [5, 5.41) is 2.58. The van der Waals surface area contributed by atoms with Crippen LogP contribution in [0.2, 0.25) is 0 Å². The summed E-state index contributed by atoms with van der Waals surface area (Å²) >= 11 is 1.86. The molecule has 0 fully saturated rings. The fourth-order valence-corrected chi connectivity index (χ4v) is 8.12. The van der Waals surface area contributed by atoms with Gasteiger partial charge in [0.25, 0.3) is 0 Å². The lowest BCUT2D eigenvalue weighted by Crippen LogP contribution is -2.30. The van der Waals surface area contributed by atoms with Gasteiger partial charge in [0.05, 0.1) is 17.1 Å². The van der Waals surface area contributed by atoms with Gasteiger partial charge in [0, 0.05) is 48.6 Å². The van der Waals surface area contributed by atoms with Crippen LogP contribution >= 0.6 is 11.3 Å². The number of nitrogens with zero attached hydrogens (tertiary/aromatic N) is 2. The molecule has 208 valence electrons. The predicted molar refractivity (Wildman–Crippen MR) is 179 cm³/mol. The molecule has 2 aromatic heterocycles. The zero-order valence-electron chi connectivity index (χ0n) is 24.0. The van der Waals surface area contributed by atoms with Crippen LogP contribution in [-0.4, -0.2) is 4.98 Å². The van der Waals surface area contributed by atoms with Gasteiger partial charge in [-0.3, -0.25) is 4.98 Å². The molecule has 0 spiro atoms. The van der Waals surface area contributed by atoms with Gasteiger partial charge >= 0.3 is 0 Å². The zero-order chi connectivity index (χ0) is 29.1. The maximum absolute atomic E-state index is 16.3. The zero-order valence-corrected chi connectivity index (χ0v) is 24.8. The molecule has 8 rings (SSSR count). The highest BCUT2D eigenvalue weighted by Crippen LogP contribution is 2.55. The number of halogens is 1. The van der Waals surface area contributed by atoms with E-state index in [0.29, 0.717) is 11.1 Å². The van der Waals surface area contributed by atoms with Crippen LogP contribution < -0.4 is 4.90 Å². The lowest BCUT2D eigenvalue weighted by Gasteiger charge is -2.42. The number of para-hydroxylation sites is 1. The highest BCUT2D eigenvalue weighted by Gasteiger charge is 2.39. The average Bonchev–Trinajstić information content (AvgIpc) is 3.43. The molecule has 5 aromatic carbocycles. The van der Waals surface area contributed by atoms with Crippen LogP contribution in [-0.2, 0) is 5.41 Å². The van der Waals surface area contributed by atoms with Crippen molar-refractivity contribution in [3.05, 3.63) is 156 Å². The van der Waals surface area contributed by atoms with Crippen molar-refractivity contribution in [1.29, 1.82) is 0 Å². The van der Waals surface area contributed by atoms with Gasteiger partial charge < -0.3 is 4.90 Å². The second-order valence-electron chi connectivity index (χ2n) is 11.7. The summed E-state index contributed by atoms with van der Waals surface area (Å²) in [5.74, 6) is 0. The van der Waals surface area contributed by atoms with Gasteiger partial charge in [-0.25, -0.2) is 4.39 Å². The van der Waals surface area contributed by atoms with Crippen molar-refractivity contribution >= 4 is 48.6 Å². The van der Waals surface area contributed by atoms with Crippen molar-refractivity contribution in [3.8, 4) is 11.3 Å². The van der Waals surface area contributed by atoms with Gasteiger partial charge in [0.2, 0.25) is 0 Å². The summed E-state index contributed by atoms with van der Waals surface area (Å²) < 4.78 is 18.9. The number of fused-ring (bicyclic) bond motifs is 6. The highest BCUT2D eigenvalue weighted by atomic mass is 32.1. The Hall–Kier alpha value is -4.80. The van der Waals surface area contributed by atoms with Crippen molar-refractivity contribution in [3.63, 3.8) is 0 Å². The quantitative estimate of drug-likeness (QED) is 0.207. The van der Waals surface area contributed by atoms with E-state index in [1.165, 1.54) is 31.3 Å². The maximum Gasteiger partial charge on any atom is 0.150 e. The lowest BCUT2D eigenvalue weighted by molar-refractivity contribution is 0.402. The van der Waals surface area contributed by atoms with Crippen LogP contribution in [0, 0.1) is 0 Å². The van der Waals surface area contributed by atoms with Gasteiger partial charge in [-0.05, 0) is 65.2 Å². The predicted octanol–water partition coefficient (Wildman–Crippen LogP) is 11.3. The van der Waals surface area contributed by atoms with E-state index < -0.39 is 6.17 Å². The van der Waals surface area contributed by atoms with E-state index >= 15 is 4.39 Å². The molecule has 2 nitrogen and oxygen atoms in total. The van der Waals surface area contributed by atoms with Crippen molar-refractivity contribution in [2.24, 2.45) is 0 Å². The molecule has 0 saturated heterocycles. The number of hydrogen-bond acceptors (Lipinski definition) is 3. The second kappa shape index (κ2) is 9.89. The Morgan fingerprint density at radius 3 is 2.33 bits per heavy atom. The molecule has 7 aromatic rings. The van der Waals surface area contributed by atoms with Crippen LogP contribution in [0.4, 0.5) is 21.5 Å². The van der Waals surface area contributed by atoms with Crippen molar-refractivity contribution in [2.75, 3.05) is 4.90 Å². The third-order valence-corrected chi connectivity index (χ3v) is 9.97. The standard InChI is InChI=1S/C39H29FN2S/c1-39(2)31-16-4-5-18-33(31)42(34-21-20-30-29-15-3-6-19-35(29)43-38(30)36(34)39)28-14-10-13-27(24-28)37(40)26-12-9-11-25(23-26)32-17-7-8-22-41-32/h3-24,37H,1-2H3. The van der Waals surface area contributed by atoms with Crippen LogP contribution in [0.5, 0.6) is 0 Å². The highest BCUT2D eigenvalue weighted by molar-refractivity contribution is 7.26. The Balaban J connectivity index is 1.28. The van der Waals surface area contributed by atoms with E-state index in [0.717, 1.165) is 28.3 Å². The Labute approximate surface area is 254 Å². The number of anilines is 3. The number of hydrogen-bond donors (Lipinski definition) is 0. The first-order valence-corrected chi connectivity index (χ1v) is 15.4. The normalized spacial score (nSPS) is 14.4. The number of thiophene rings is 1. The summed E-state index contributed by atoms with van der Waals surface area (Å²) in [6.45, 7) is 4.66. The molecule has 43 heavy (non-hydrogen) atoms. The number of pyridine rings is 1. The maximum atomic E-state index is 16.3. The van der Waals surface area contributed by atoms with Crippen LogP contribution in [0.25, 0.3) is 31.4 Å². The van der Waals surface area contributed by atoms with E-state index in [1.807, 2.05) is 72.0 Å². The van der Waals surface area contributed by atoms with Crippen LogP contribution in [0.1, 0.15) is 42.3 Å². The first-order valence-electron chi connectivity index (χ1n) is 14.6. The van der Waals surface area contributed by atoms with Gasteiger partial charge in [0.15, 0.2) is 6.17 Å². The minimum atomic E-state index is -1.27. The fraction of sp³-hybridized carbons (Fsp3) is 0.103. The van der Waals surface area contributed by atoms with Crippen molar-refractivity contribution < 1.29 is 4.39 Å². The van der Waals surface area contributed by atoms with Crippen molar-refractivity contribution in [2.45, 2.75) is 25.4 Å². The minimum Gasteiger partial charge on any atom is -0.310 e. The summed E-state index contributed by atoms with van der Waals surface area (Å²) in [6, 6.07) is 43.2. The molecule has 1 unspecified atom stereocenters. The Kier molecular flexibility index (Phi) is 5.95. The Bertz CT molecular complexity index is 2150. The molecule has 1 aliphatic heterocycles. The number of rotatable bonds is 4. The van der Waals surface area contributed by atoms with Gasteiger partial charge in [-0.15, -0.1) is 11.3 Å². The molecule has 4 heteroatoms. The molecule has 1 atom stereocenters. The lowest BCUT2D eigenvalue weighted by atomic mass is 9.73. The molecular weight excluding hydrogens is 548 g/mol. The number of alkyl halides is 1. The monoisotopic (exact) mass is 576 g/mol. The summed E-state index contributed by atoms with van der Waals surface area (Å²) in [4.78, 5) is 6.78. The van der Waals surface area contributed by atoms with Gasteiger partial charge in [0.1, 0.15) is 0 Å².